The second-order valence-electron chi connectivity index (χ2n) is 6.57. The molecular formula is C20H39NO3. The highest BCUT2D eigenvalue weighted by Crippen LogP contribution is 2.10. The second-order valence-corrected chi connectivity index (χ2v) is 6.57. The Bertz CT molecular complexity index is 305. The molecule has 1 amide bonds. The summed E-state index contributed by atoms with van der Waals surface area (Å²) < 4.78 is 0. The van der Waals surface area contributed by atoms with Crippen LogP contribution in [0, 0.1) is 0 Å². The number of carbonyl (C=O) groups is 1. The Kier molecular flexibility index (Phi) is 17.8. The number of rotatable bonds is 17. The molecule has 0 aromatic heterocycles. The van der Waals surface area contributed by atoms with Gasteiger partial charge in [0.2, 0.25) is 5.91 Å². The average Bonchev–Trinajstić information content (AvgIpc) is 2.58. The number of carbonyl (C=O) groups excluding carboxylic acids is 1. The smallest absolute Gasteiger partial charge is 0.245 e. The molecule has 0 radical (unpaired) electrons. The molecule has 0 aliphatic heterocycles. The minimum Gasteiger partial charge on any atom is -0.394 e. The van der Waals surface area contributed by atoms with Gasteiger partial charge in [-0.05, 0) is 32.1 Å². The van der Waals surface area contributed by atoms with Crippen LogP contribution in [0.4, 0.5) is 0 Å². The van der Waals surface area contributed by atoms with Crippen LogP contribution < -0.4 is 0 Å². The predicted molar refractivity (Wildman–Crippen MR) is 100 cm³/mol. The number of nitrogens with zero attached hydrogens (tertiary/aromatic N) is 1. The number of hydrogen-bond donors (Lipinski definition) is 2. The quantitative estimate of drug-likeness (QED) is 0.165. The van der Waals surface area contributed by atoms with Crippen LogP contribution in [0.15, 0.2) is 12.2 Å². The van der Waals surface area contributed by atoms with Crippen molar-refractivity contribution in [1.82, 2.24) is 5.06 Å². The highest BCUT2D eigenvalue weighted by molar-refractivity contribution is 5.74. The molecule has 4 nitrogen and oxygen atoms in total. The van der Waals surface area contributed by atoms with Gasteiger partial charge >= 0.3 is 0 Å². The van der Waals surface area contributed by atoms with Gasteiger partial charge in [-0.15, -0.1) is 0 Å². The first-order valence-electron chi connectivity index (χ1n) is 9.97. The molecule has 0 spiro atoms. The molecular weight excluding hydrogens is 302 g/mol. The number of hydroxylamine groups is 2. The Balaban J connectivity index is 3.24. The van der Waals surface area contributed by atoms with Crippen molar-refractivity contribution in [2.75, 3.05) is 13.2 Å². The van der Waals surface area contributed by atoms with E-state index in [1.165, 1.54) is 57.8 Å². The summed E-state index contributed by atoms with van der Waals surface area (Å²) in [6.07, 6.45) is 21.0. The van der Waals surface area contributed by atoms with Gasteiger partial charge in [0.25, 0.3) is 0 Å². The number of allylic oxidation sites excluding steroid dienone is 2. The molecule has 24 heavy (non-hydrogen) atoms. The third kappa shape index (κ3) is 16.0. The zero-order chi connectivity index (χ0) is 17.9. The SMILES string of the molecule is CCCCCCCC/C=C\CCCCCCCC(=O)N(O)CCO. The van der Waals surface area contributed by atoms with Crippen LogP contribution in [-0.2, 0) is 4.79 Å². The van der Waals surface area contributed by atoms with E-state index >= 15 is 0 Å². The first-order valence-corrected chi connectivity index (χ1v) is 9.97. The van der Waals surface area contributed by atoms with Crippen LogP contribution in [0.3, 0.4) is 0 Å². The molecule has 0 aliphatic rings. The lowest BCUT2D eigenvalue weighted by Crippen LogP contribution is -2.29. The van der Waals surface area contributed by atoms with Gasteiger partial charge in [-0.3, -0.25) is 10.0 Å². The highest BCUT2D eigenvalue weighted by atomic mass is 16.5. The van der Waals surface area contributed by atoms with E-state index in [-0.39, 0.29) is 19.1 Å². The monoisotopic (exact) mass is 341 g/mol. The Morgan fingerprint density at radius 3 is 1.88 bits per heavy atom. The Morgan fingerprint density at radius 1 is 0.833 bits per heavy atom. The summed E-state index contributed by atoms with van der Waals surface area (Å²) in [5.74, 6) is -0.290. The van der Waals surface area contributed by atoms with Crippen molar-refractivity contribution in [3.63, 3.8) is 0 Å². The van der Waals surface area contributed by atoms with Gasteiger partial charge in [0.1, 0.15) is 0 Å². The van der Waals surface area contributed by atoms with Crippen molar-refractivity contribution in [3.05, 3.63) is 12.2 Å². The van der Waals surface area contributed by atoms with E-state index in [1.54, 1.807) is 0 Å². The fourth-order valence-corrected chi connectivity index (χ4v) is 2.70. The molecule has 0 atom stereocenters. The normalized spacial score (nSPS) is 11.3. The molecule has 0 bridgehead atoms. The van der Waals surface area contributed by atoms with Crippen molar-refractivity contribution in [3.8, 4) is 0 Å². The third-order valence-electron chi connectivity index (χ3n) is 4.25. The molecule has 0 saturated heterocycles. The summed E-state index contributed by atoms with van der Waals surface area (Å²) in [5.41, 5.74) is 0. The highest BCUT2D eigenvalue weighted by Gasteiger charge is 2.08. The Labute approximate surface area is 148 Å². The van der Waals surface area contributed by atoms with Gasteiger partial charge in [-0.2, -0.15) is 0 Å². The summed E-state index contributed by atoms with van der Waals surface area (Å²) in [6.45, 7) is 2.06. The molecule has 0 aromatic carbocycles. The largest absolute Gasteiger partial charge is 0.394 e. The molecule has 142 valence electrons. The number of hydrogen-bond acceptors (Lipinski definition) is 3. The topological polar surface area (TPSA) is 60.8 Å². The fourth-order valence-electron chi connectivity index (χ4n) is 2.70. The van der Waals surface area contributed by atoms with E-state index < -0.39 is 0 Å². The third-order valence-corrected chi connectivity index (χ3v) is 4.25. The molecule has 0 rings (SSSR count). The van der Waals surface area contributed by atoms with Crippen LogP contribution in [0.25, 0.3) is 0 Å². The van der Waals surface area contributed by atoms with Crippen LogP contribution in [0.5, 0.6) is 0 Å². The first-order chi connectivity index (χ1) is 11.7. The minimum atomic E-state index is -0.290. The zero-order valence-electron chi connectivity index (χ0n) is 15.7. The molecule has 0 unspecified atom stereocenters. The van der Waals surface area contributed by atoms with E-state index in [2.05, 4.69) is 19.1 Å². The van der Waals surface area contributed by atoms with Gasteiger partial charge in [0.05, 0.1) is 13.2 Å². The lowest BCUT2D eigenvalue weighted by Gasteiger charge is -2.12. The number of aliphatic hydroxyl groups excluding tert-OH is 1. The standard InChI is InChI=1S/C20H39NO3/c1-2-3-4-5-6-7-8-9-10-11-12-13-14-15-16-17-20(23)21(24)18-19-22/h9-10,22,24H,2-8,11-19H2,1H3/b10-9-. The van der Waals surface area contributed by atoms with Gasteiger partial charge in [-0.1, -0.05) is 70.4 Å². The molecule has 0 heterocycles. The maximum absolute atomic E-state index is 11.4. The number of unbranched alkanes of at least 4 members (excludes halogenated alkanes) is 11. The van der Waals surface area contributed by atoms with Crippen molar-refractivity contribution >= 4 is 5.91 Å². The Morgan fingerprint density at radius 2 is 1.33 bits per heavy atom. The van der Waals surface area contributed by atoms with Crippen LogP contribution in [0.2, 0.25) is 0 Å². The molecule has 0 aromatic rings. The van der Waals surface area contributed by atoms with Gasteiger partial charge < -0.3 is 5.11 Å². The van der Waals surface area contributed by atoms with Crippen LogP contribution in [-0.4, -0.2) is 34.4 Å². The maximum atomic E-state index is 11.4. The number of aliphatic hydroxyl groups is 1. The van der Waals surface area contributed by atoms with E-state index in [4.69, 9.17) is 5.11 Å². The predicted octanol–water partition coefficient (Wildman–Crippen LogP) is 5.23. The van der Waals surface area contributed by atoms with Crippen LogP contribution in [0.1, 0.15) is 96.8 Å². The summed E-state index contributed by atoms with van der Waals surface area (Å²) >= 11 is 0. The van der Waals surface area contributed by atoms with Gasteiger partial charge in [0, 0.05) is 6.42 Å². The van der Waals surface area contributed by atoms with Crippen molar-refractivity contribution in [2.24, 2.45) is 0 Å². The number of amides is 1. The summed E-state index contributed by atoms with van der Waals surface area (Å²) in [5, 5.41) is 18.5. The summed E-state index contributed by atoms with van der Waals surface area (Å²) in [4.78, 5) is 11.4. The summed E-state index contributed by atoms with van der Waals surface area (Å²) in [7, 11) is 0. The van der Waals surface area contributed by atoms with E-state index in [1.807, 2.05) is 0 Å². The fraction of sp³-hybridized carbons (Fsp3) is 0.850. The second kappa shape index (κ2) is 18.5. The maximum Gasteiger partial charge on any atom is 0.245 e. The van der Waals surface area contributed by atoms with Crippen molar-refractivity contribution in [2.45, 2.75) is 96.8 Å². The minimum absolute atomic E-state index is 0.00388. The molecule has 0 fully saturated rings. The Hall–Kier alpha value is -0.870. The lowest BCUT2D eigenvalue weighted by atomic mass is 10.1. The van der Waals surface area contributed by atoms with E-state index in [0.29, 0.717) is 11.5 Å². The molecule has 0 saturated carbocycles. The molecule has 2 N–H and O–H groups in total. The zero-order valence-corrected chi connectivity index (χ0v) is 15.7. The average molecular weight is 342 g/mol. The van der Waals surface area contributed by atoms with Crippen LogP contribution >= 0.6 is 0 Å². The lowest BCUT2D eigenvalue weighted by molar-refractivity contribution is -0.167. The van der Waals surface area contributed by atoms with E-state index in [9.17, 15) is 10.0 Å². The summed E-state index contributed by atoms with van der Waals surface area (Å²) in [6, 6.07) is 0. The van der Waals surface area contributed by atoms with Crippen molar-refractivity contribution in [1.29, 1.82) is 0 Å². The molecule has 0 aliphatic carbocycles. The first kappa shape index (κ1) is 23.1. The van der Waals surface area contributed by atoms with Gasteiger partial charge in [-0.25, -0.2) is 5.06 Å². The van der Waals surface area contributed by atoms with E-state index in [0.717, 1.165) is 25.7 Å². The molecule has 4 heteroatoms. The van der Waals surface area contributed by atoms with Crippen molar-refractivity contribution < 1.29 is 15.1 Å². The van der Waals surface area contributed by atoms with Gasteiger partial charge in [0.15, 0.2) is 0 Å².